The molecule has 0 aromatic rings. The largest absolute Gasteiger partial charge is 0.396 e. The molecular weight excluding hydrogens is 340 g/mol. The number of hydrogen-bond acceptors (Lipinski definition) is 7. The number of carbonyl (C=O) groups excluding carboxylic acids is 1. The number of carbonyl (C=O) groups is 1. The molecule has 0 aliphatic carbocycles. The van der Waals surface area contributed by atoms with E-state index in [9.17, 15) is 25.2 Å². The highest BCUT2D eigenvalue weighted by Gasteiger charge is 2.62. The second-order valence-corrected chi connectivity index (χ2v) is 7.73. The van der Waals surface area contributed by atoms with Crippen LogP contribution in [0.2, 0.25) is 0 Å². The summed E-state index contributed by atoms with van der Waals surface area (Å²) >= 11 is 0. The summed E-state index contributed by atoms with van der Waals surface area (Å²) in [7, 11) is 0. The van der Waals surface area contributed by atoms with Gasteiger partial charge in [0.25, 0.3) is 0 Å². The van der Waals surface area contributed by atoms with Crippen LogP contribution in [0.5, 0.6) is 0 Å². The Balaban J connectivity index is 2.07. The summed E-state index contributed by atoms with van der Waals surface area (Å²) in [6, 6.07) is 0. The summed E-state index contributed by atoms with van der Waals surface area (Å²) < 4.78 is 11.0. The first-order valence-electron chi connectivity index (χ1n) is 9.31. The van der Waals surface area contributed by atoms with Crippen molar-refractivity contribution in [1.82, 2.24) is 0 Å². The molecule has 2 saturated heterocycles. The van der Waals surface area contributed by atoms with Crippen molar-refractivity contribution in [2.75, 3.05) is 13.2 Å². The molecule has 2 aliphatic heterocycles. The minimum atomic E-state index is -1.44. The van der Waals surface area contributed by atoms with Crippen LogP contribution >= 0.6 is 0 Å². The average molecular weight is 372 g/mol. The predicted molar refractivity (Wildman–Crippen MR) is 94.2 cm³/mol. The molecule has 7 heteroatoms. The summed E-state index contributed by atoms with van der Waals surface area (Å²) in [5.41, 5.74) is -0.924. The van der Waals surface area contributed by atoms with Crippen molar-refractivity contribution in [1.29, 1.82) is 0 Å². The maximum atomic E-state index is 12.8. The lowest BCUT2D eigenvalue weighted by Gasteiger charge is -2.39. The molecule has 150 valence electrons. The minimum Gasteiger partial charge on any atom is -0.396 e. The Morgan fingerprint density at radius 2 is 2.08 bits per heavy atom. The monoisotopic (exact) mass is 372 g/mol. The summed E-state index contributed by atoms with van der Waals surface area (Å²) in [6.45, 7) is 6.61. The highest BCUT2D eigenvalue weighted by atomic mass is 16.6. The van der Waals surface area contributed by atoms with E-state index >= 15 is 0 Å². The van der Waals surface area contributed by atoms with Crippen molar-refractivity contribution < 1.29 is 34.7 Å². The van der Waals surface area contributed by atoms with E-state index in [0.717, 1.165) is 0 Å². The third-order valence-corrected chi connectivity index (χ3v) is 5.83. The molecule has 4 N–H and O–H groups in total. The normalized spacial score (nSPS) is 41.0. The van der Waals surface area contributed by atoms with Crippen LogP contribution in [0, 0.1) is 17.8 Å². The van der Waals surface area contributed by atoms with Crippen LogP contribution < -0.4 is 0 Å². The van der Waals surface area contributed by atoms with Gasteiger partial charge in [0.1, 0.15) is 11.4 Å². The van der Waals surface area contributed by atoms with E-state index in [2.05, 4.69) is 0 Å². The lowest BCUT2D eigenvalue weighted by Crippen LogP contribution is -2.53. The van der Waals surface area contributed by atoms with Gasteiger partial charge in [-0.3, -0.25) is 4.79 Å². The number of ether oxygens (including phenoxy) is 2. The Hall–Kier alpha value is -0.830. The van der Waals surface area contributed by atoms with Crippen LogP contribution in [0.1, 0.15) is 40.5 Å². The maximum Gasteiger partial charge on any atom is 0.167 e. The molecule has 0 aromatic heterocycles. The molecule has 0 spiro atoms. The molecule has 2 aliphatic rings. The molecule has 4 unspecified atom stereocenters. The zero-order valence-electron chi connectivity index (χ0n) is 16.0. The first kappa shape index (κ1) is 21.5. The van der Waals surface area contributed by atoms with E-state index in [0.29, 0.717) is 6.42 Å². The average Bonchev–Trinajstić information content (AvgIpc) is 3.29. The molecule has 0 aromatic carbocycles. The van der Waals surface area contributed by atoms with Crippen molar-refractivity contribution in [3.8, 4) is 0 Å². The fourth-order valence-electron chi connectivity index (χ4n) is 3.93. The van der Waals surface area contributed by atoms with Gasteiger partial charge in [0.15, 0.2) is 5.79 Å². The van der Waals surface area contributed by atoms with Crippen LogP contribution in [0.3, 0.4) is 0 Å². The number of allylic oxidation sites excluding steroid dienone is 1. The van der Waals surface area contributed by atoms with Gasteiger partial charge < -0.3 is 29.9 Å². The zero-order valence-corrected chi connectivity index (χ0v) is 16.0. The molecule has 2 fully saturated rings. The van der Waals surface area contributed by atoms with Gasteiger partial charge >= 0.3 is 0 Å². The molecule has 0 radical (unpaired) electrons. The van der Waals surface area contributed by atoms with Crippen LogP contribution in [-0.2, 0) is 14.3 Å². The maximum absolute atomic E-state index is 12.8. The van der Waals surface area contributed by atoms with Crippen molar-refractivity contribution in [2.45, 2.75) is 70.2 Å². The Morgan fingerprint density at radius 1 is 1.42 bits per heavy atom. The van der Waals surface area contributed by atoms with Gasteiger partial charge in [-0.25, -0.2) is 0 Å². The minimum absolute atomic E-state index is 0.0669. The van der Waals surface area contributed by atoms with Gasteiger partial charge in [-0.15, -0.1) is 0 Å². The SMILES string of the molecule is C/C=C\[C@H](C)[C@H]1OC1(C)[C@@H](O)[C@@H](CO)C(=O)C1COC(O)(CC)CC1O. The summed E-state index contributed by atoms with van der Waals surface area (Å²) in [5.74, 6) is -3.83. The fraction of sp³-hybridized carbons (Fsp3) is 0.842. The van der Waals surface area contributed by atoms with Gasteiger partial charge in [-0.05, 0) is 20.3 Å². The van der Waals surface area contributed by atoms with E-state index in [1.165, 1.54) is 0 Å². The quantitative estimate of drug-likeness (QED) is 0.359. The number of aliphatic hydroxyl groups excluding tert-OH is 3. The van der Waals surface area contributed by atoms with E-state index in [1.807, 2.05) is 26.0 Å². The molecule has 2 heterocycles. The summed E-state index contributed by atoms with van der Waals surface area (Å²) in [5, 5.41) is 40.9. The van der Waals surface area contributed by atoms with Crippen LogP contribution in [0.4, 0.5) is 0 Å². The molecule has 2 rings (SSSR count). The Labute approximate surface area is 154 Å². The van der Waals surface area contributed by atoms with Gasteiger partial charge in [-0.2, -0.15) is 0 Å². The molecule has 26 heavy (non-hydrogen) atoms. The predicted octanol–water partition coefficient (Wildman–Crippen LogP) is 0.391. The molecular formula is C19H32O7. The second kappa shape index (κ2) is 8.04. The number of hydrogen-bond donors (Lipinski definition) is 4. The number of ketones is 1. The van der Waals surface area contributed by atoms with Crippen LogP contribution in [0.15, 0.2) is 12.2 Å². The number of Topliss-reactive ketones (excluding diaryl/α,β-unsaturated/α-hetero) is 1. The van der Waals surface area contributed by atoms with Gasteiger partial charge in [0.2, 0.25) is 0 Å². The fourth-order valence-corrected chi connectivity index (χ4v) is 3.93. The lowest BCUT2D eigenvalue weighted by atomic mass is 9.78. The summed E-state index contributed by atoms with van der Waals surface area (Å²) in [4.78, 5) is 12.8. The molecule has 8 atom stereocenters. The highest BCUT2D eigenvalue weighted by Crippen LogP contribution is 2.47. The number of epoxide rings is 1. The first-order chi connectivity index (χ1) is 12.1. The molecule has 0 amide bonds. The van der Waals surface area contributed by atoms with Crippen molar-refractivity contribution in [3.63, 3.8) is 0 Å². The van der Waals surface area contributed by atoms with Gasteiger partial charge in [0.05, 0.1) is 43.4 Å². The van der Waals surface area contributed by atoms with Crippen molar-refractivity contribution in [2.24, 2.45) is 17.8 Å². The number of aliphatic hydroxyl groups is 4. The third-order valence-electron chi connectivity index (χ3n) is 5.83. The van der Waals surface area contributed by atoms with E-state index in [1.54, 1.807) is 13.8 Å². The Bertz CT molecular complexity index is 536. The number of rotatable bonds is 8. The lowest BCUT2D eigenvalue weighted by molar-refractivity contribution is -0.258. The molecule has 7 nitrogen and oxygen atoms in total. The Kier molecular flexibility index (Phi) is 6.64. The van der Waals surface area contributed by atoms with Crippen molar-refractivity contribution >= 4 is 5.78 Å². The third kappa shape index (κ3) is 4.03. The van der Waals surface area contributed by atoms with Gasteiger partial charge in [-0.1, -0.05) is 26.0 Å². The second-order valence-electron chi connectivity index (χ2n) is 7.73. The van der Waals surface area contributed by atoms with E-state index < -0.39 is 47.8 Å². The van der Waals surface area contributed by atoms with Crippen LogP contribution in [-0.4, -0.2) is 69.1 Å². The van der Waals surface area contributed by atoms with Crippen LogP contribution in [0.25, 0.3) is 0 Å². The zero-order chi connectivity index (χ0) is 19.7. The molecule has 0 saturated carbocycles. The molecule has 0 bridgehead atoms. The standard InChI is InChI=1S/C19H32O7/c1-5-7-11(3)17-18(4,26-17)16(23)12(9-20)15(22)13-10-25-19(24,6-2)8-14(13)21/h5,7,11-14,16-17,20-21,23-24H,6,8-10H2,1-4H3/b7-5-/t11-,12-,13?,14?,16-,17+,18?,19?/m0/s1. The van der Waals surface area contributed by atoms with Gasteiger partial charge in [0, 0.05) is 12.3 Å². The topological polar surface area (TPSA) is 120 Å². The Morgan fingerprint density at radius 3 is 2.58 bits per heavy atom. The smallest absolute Gasteiger partial charge is 0.167 e. The first-order valence-corrected chi connectivity index (χ1v) is 9.31. The van der Waals surface area contributed by atoms with Crippen molar-refractivity contribution in [3.05, 3.63) is 12.2 Å². The highest BCUT2D eigenvalue weighted by molar-refractivity contribution is 5.85. The summed E-state index contributed by atoms with van der Waals surface area (Å²) in [6.07, 6.45) is 1.55. The van der Waals surface area contributed by atoms with E-state index in [4.69, 9.17) is 9.47 Å². The van der Waals surface area contributed by atoms with E-state index in [-0.39, 0.29) is 25.0 Å².